The smallest absolute Gasteiger partial charge is 0.306 e. The van der Waals surface area contributed by atoms with Crippen LogP contribution in [0.5, 0.6) is 0 Å². The summed E-state index contributed by atoms with van der Waals surface area (Å²) in [5.41, 5.74) is 0. The molecule has 390 valence electrons. The third-order valence-electron chi connectivity index (χ3n) is 11.4. The molecule has 69 heavy (non-hydrogen) atoms. The molecule has 0 aromatic carbocycles. The Labute approximate surface area is 424 Å². The second kappa shape index (κ2) is 56.4. The summed E-state index contributed by atoms with van der Waals surface area (Å²) in [5.74, 6) is -0.996. The van der Waals surface area contributed by atoms with Crippen LogP contribution in [0.4, 0.5) is 0 Å². The summed E-state index contributed by atoms with van der Waals surface area (Å²) in [7, 11) is 0. The van der Waals surface area contributed by atoms with E-state index in [-0.39, 0.29) is 31.1 Å². The number of hydrogen-bond donors (Lipinski definition) is 0. The first-order valence-corrected chi connectivity index (χ1v) is 28.0. The van der Waals surface area contributed by atoms with Crippen molar-refractivity contribution >= 4 is 17.9 Å². The number of unbranched alkanes of at least 4 members (excludes halogenated alkanes) is 18. The van der Waals surface area contributed by atoms with Crippen molar-refractivity contribution < 1.29 is 28.6 Å². The molecule has 0 aliphatic carbocycles. The Morgan fingerprint density at radius 1 is 0.304 bits per heavy atom. The SMILES string of the molecule is CC/C=C\C/C=C\C/C=C\C/C=C\CCCCC(=O)OC[C@H](COC(=O)CCCCC/C=C\C/C=C\C/C=C\C/C=C\CCCCC)OC(=O)CCCCCCCCC/C=C\C/C=C\CCCCC. The third-order valence-corrected chi connectivity index (χ3v) is 11.4. The number of allylic oxidation sites excluding steroid dienone is 20. The first kappa shape index (κ1) is 64.8. The van der Waals surface area contributed by atoms with Crippen LogP contribution in [0, 0.1) is 0 Å². The summed E-state index contributed by atoms with van der Waals surface area (Å²) in [6.45, 7) is 6.39. The molecule has 0 aliphatic rings. The molecule has 0 fully saturated rings. The van der Waals surface area contributed by atoms with Crippen LogP contribution in [0.1, 0.15) is 239 Å². The van der Waals surface area contributed by atoms with Gasteiger partial charge in [0.15, 0.2) is 6.10 Å². The van der Waals surface area contributed by atoms with Crippen LogP contribution in [-0.2, 0) is 28.6 Å². The average Bonchev–Trinajstić information content (AvgIpc) is 3.35. The topological polar surface area (TPSA) is 78.9 Å². The summed E-state index contributed by atoms with van der Waals surface area (Å²) < 4.78 is 16.8. The van der Waals surface area contributed by atoms with Gasteiger partial charge in [-0.3, -0.25) is 14.4 Å². The van der Waals surface area contributed by atoms with Crippen LogP contribution in [-0.4, -0.2) is 37.2 Å². The molecule has 0 aromatic heterocycles. The normalized spacial score (nSPS) is 13.0. The fraction of sp³-hybridized carbons (Fsp3) is 0.635. The van der Waals surface area contributed by atoms with Gasteiger partial charge in [-0.15, -0.1) is 0 Å². The average molecular weight is 956 g/mol. The van der Waals surface area contributed by atoms with Gasteiger partial charge in [0.2, 0.25) is 0 Å². The quantitative estimate of drug-likeness (QED) is 0.0262. The lowest BCUT2D eigenvalue weighted by Crippen LogP contribution is -2.30. The fourth-order valence-corrected chi connectivity index (χ4v) is 7.21. The Hall–Kier alpha value is -4.19. The molecule has 0 saturated carbocycles. The van der Waals surface area contributed by atoms with Gasteiger partial charge in [0.25, 0.3) is 0 Å². The molecule has 1 atom stereocenters. The molecule has 0 aromatic rings. The molecule has 6 nitrogen and oxygen atoms in total. The summed E-state index contributed by atoms with van der Waals surface area (Å²) in [6, 6.07) is 0. The van der Waals surface area contributed by atoms with E-state index in [1.807, 2.05) is 0 Å². The molecule has 0 heterocycles. The van der Waals surface area contributed by atoms with Crippen molar-refractivity contribution in [1.29, 1.82) is 0 Å². The zero-order valence-electron chi connectivity index (χ0n) is 44.5. The second-order valence-corrected chi connectivity index (χ2v) is 18.1. The van der Waals surface area contributed by atoms with E-state index in [1.165, 1.54) is 77.0 Å². The Morgan fingerprint density at radius 2 is 0.565 bits per heavy atom. The lowest BCUT2D eigenvalue weighted by Gasteiger charge is -2.18. The highest BCUT2D eigenvalue weighted by Crippen LogP contribution is 2.13. The minimum atomic E-state index is -0.817. The van der Waals surface area contributed by atoms with Gasteiger partial charge in [0, 0.05) is 19.3 Å². The summed E-state index contributed by atoms with van der Waals surface area (Å²) in [5, 5.41) is 0. The highest BCUT2D eigenvalue weighted by Gasteiger charge is 2.19. The maximum atomic E-state index is 12.8. The number of hydrogen-bond acceptors (Lipinski definition) is 6. The first-order chi connectivity index (χ1) is 34.0. The van der Waals surface area contributed by atoms with Crippen LogP contribution in [0.3, 0.4) is 0 Å². The standard InChI is InChI=1S/C63H102O6/c1-4-7-10-13-16-19-22-25-28-30-31-33-35-38-41-44-47-50-53-56-62(65)68-59-60(58-67-61(64)55-52-49-46-43-40-37-34-27-24-21-18-15-12-9-6-3)69-63(66)57-54-51-48-45-42-39-36-32-29-26-23-20-17-14-11-8-5-2/h9,12,16-21,25-29,31,33-34,38,40-41,43,60H,4-8,10-11,13-15,22-24,30,32,35-37,39,42,44-59H2,1-3H3/b12-9-,19-16-,20-17-,21-18-,28-25-,29-26-,33-31-,34-27-,41-38-,43-40-/t60-/m1/s1. The molecule has 0 radical (unpaired) electrons. The molecule has 0 spiro atoms. The molecule has 0 amide bonds. The molecule has 0 unspecified atom stereocenters. The Bertz CT molecular complexity index is 1470. The molecule has 0 bridgehead atoms. The van der Waals surface area contributed by atoms with Crippen molar-refractivity contribution in [3.05, 3.63) is 122 Å². The van der Waals surface area contributed by atoms with Crippen molar-refractivity contribution in [2.75, 3.05) is 13.2 Å². The molecule has 6 heteroatoms. The monoisotopic (exact) mass is 955 g/mol. The van der Waals surface area contributed by atoms with Crippen molar-refractivity contribution in [2.45, 2.75) is 245 Å². The van der Waals surface area contributed by atoms with E-state index < -0.39 is 6.10 Å². The fourth-order valence-electron chi connectivity index (χ4n) is 7.21. The van der Waals surface area contributed by atoms with E-state index in [0.717, 1.165) is 116 Å². The zero-order chi connectivity index (χ0) is 50.0. The van der Waals surface area contributed by atoms with E-state index in [4.69, 9.17) is 14.2 Å². The van der Waals surface area contributed by atoms with Crippen LogP contribution < -0.4 is 0 Å². The number of esters is 3. The molecular formula is C63H102O6. The van der Waals surface area contributed by atoms with Crippen LogP contribution in [0.25, 0.3) is 0 Å². The summed E-state index contributed by atoms with van der Waals surface area (Å²) >= 11 is 0. The van der Waals surface area contributed by atoms with Gasteiger partial charge in [-0.1, -0.05) is 206 Å². The number of carbonyl (C=O) groups is 3. The van der Waals surface area contributed by atoms with E-state index >= 15 is 0 Å². The number of ether oxygens (including phenoxy) is 3. The largest absolute Gasteiger partial charge is 0.462 e. The number of carbonyl (C=O) groups excluding carboxylic acids is 3. The first-order valence-electron chi connectivity index (χ1n) is 28.0. The van der Waals surface area contributed by atoms with E-state index in [2.05, 4.69) is 142 Å². The minimum Gasteiger partial charge on any atom is -0.462 e. The molecule has 0 N–H and O–H groups in total. The third kappa shape index (κ3) is 54.6. The van der Waals surface area contributed by atoms with Gasteiger partial charge >= 0.3 is 17.9 Å². The predicted octanol–water partition coefficient (Wildman–Crippen LogP) is 18.9. The van der Waals surface area contributed by atoms with Crippen molar-refractivity contribution in [3.8, 4) is 0 Å². The summed E-state index contributed by atoms with van der Waals surface area (Å²) in [4.78, 5) is 38.1. The molecule has 0 rings (SSSR count). The van der Waals surface area contributed by atoms with Crippen molar-refractivity contribution in [3.63, 3.8) is 0 Å². The van der Waals surface area contributed by atoms with E-state index in [1.54, 1.807) is 0 Å². The Kier molecular flexibility index (Phi) is 53.0. The highest BCUT2D eigenvalue weighted by atomic mass is 16.6. The van der Waals surface area contributed by atoms with Crippen molar-refractivity contribution in [1.82, 2.24) is 0 Å². The van der Waals surface area contributed by atoms with Crippen LogP contribution in [0.15, 0.2) is 122 Å². The zero-order valence-corrected chi connectivity index (χ0v) is 44.5. The van der Waals surface area contributed by atoms with E-state index in [0.29, 0.717) is 25.7 Å². The van der Waals surface area contributed by atoms with Gasteiger partial charge in [-0.25, -0.2) is 0 Å². The molecule has 0 aliphatic heterocycles. The van der Waals surface area contributed by atoms with Gasteiger partial charge in [-0.2, -0.15) is 0 Å². The van der Waals surface area contributed by atoms with Crippen LogP contribution in [0.2, 0.25) is 0 Å². The summed E-state index contributed by atoms with van der Waals surface area (Å²) in [6.07, 6.45) is 77.5. The van der Waals surface area contributed by atoms with Gasteiger partial charge in [0.1, 0.15) is 13.2 Å². The van der Waals surface area contributed by atoms with Gasteiger partial charge < -0.3 is 14.2 Å². The lowest BCUT2D eigenvalue weighted by atomic mass is 10.1. The highest BCUT2D eigenvalue weighted by molar-refractivity contribution is 5.71. The second-order valence-electron chi connectivity index (χ2n) is 18.1. The Balaban J connectivity index is 4.54. The van der Waals surface area contributed by atoms with Crippen molar-refractivity contribution in [2.24, 2.45) is 0 Å². The van der Waals surface area contributed by atoms with Gasteiger partial charge in [-0.05, 0) is 135 Å². The maximum absolute atomic E-state index is 12.8. The molecular weight excluding hydrogens is 853 g/mol. The van der Waals surface area contributed by atoms with Crippen LogP contribution >= 0.6 is 0 Å². The van der Waals surface area contributed by atoms with E-state index in [9.17, 15) is 14.4 Å². The number of rotatable bonds is 49. The predicted molar refractivity (Wildman–Crippen MR) is 297 cm³/mol. The lowest BCUT2D eigenvalue weighted by molar-refractivity contribution is -0.167. The maximum Gasteiger partial charge on any atom is 0.306 e. The van der Waals surface area contributed by atoms with Gasteiger partial charge in [0.05, 0.1) is 0 Å². The molecule has 0 saturated heterocycles. The Morgan fingerprint density at radius 3 is 0.928 bits per heavy atom. The minimum absolute atomic E-state index is 0.114.